The van der Waals surface area contributed by atoms with Crippen LogP contribution in [0.5, 0.6) is 0 Å². The molecule has 1 aromatic carbocycles. The molecule has 0 heterocycles. The van der Waals surface area contributed by atoms with Gasteiger partial charge < -0.3 is 4.74 Å². The van der Waals surface area contributed by atoms with Crippen molar-refractivity contribution < 1.29 is 9.53 Å². The average Bonchev–Trinajstić information content (AvgIpc) is 2.68. The van der Waals surface area contributed by atoms with Crippen molar-refractivity contribution in [2.75, 3.05) is 7.11 Å². The Labute approximate surface area is 163 Å². The summed E-state index contributed by atoms with van der Waals surface area (Å²) >= 11 is 1.59. The lowest BCUT2D eigenvalue weighted by Crippen LogP contribution is -2.00. The number of allylic oxidation sites excluding steroid dienone is 5. The highest BCUT2D eigenvalue weighted by atomic mass is 32.2. The number of rotatable bonds is 13. The van der Waals surface area contributed by atoms with Gasteiger partial charge in [0, 0.05) is 4.90 Å². The number of hydrogen-bond acceptors (Lipinski definition) is 3. The Morgan fingerprint density at radius 3 is 2.65 bits per heavy atom. The fourth-order valence-electron chi connectivity index (χ4n) is 2.47. The van der Waals surface area contributed by atoms with E-state index in [9.17, 15) is 4.79 Å². The molecule has 142 valence electrons. The molecule has 1 rings (SSSR count). The first-order chi connectivity index (χ1) is 12.8. The molecule has 2 nitrogen and oxygen atoms in total. The molecular weight excluding hydrogens is 340 g/mol. The largest absolute Gasteiger partial charge is 0.465 e. The molecule has 0 radical (unpaired) electrons. The Bertz CT molecular complexity index is 588. The Morgan fingerprint density at radius 2 is 1.85 bits per heavy atom. The second kappa shape index (κ2) is 15.5. The third kappa shape index (κ3) is 11.0. The van der Waals surface area contributed by atoms with E-state index in [1.165, 1.54) is 52.1 Å². The first-order valence-corrected chi connectivity index (χ1v) is 10.5. The standard InChI is InChI=1S/C23H32O2S/c1-3-4-5-6-7-8-9-10-11-12-13-14-15-19-26-22-18-16-17-21(20-22)23(24)25-2/h10-11,13-20H,3-9,12H2,1-2H3/b11-10-,14-13-,19-15+. The van der Waals surface area contributed by atoms with Crippen LogP contribution in [-0.4, -0.2) is 13.1 Å². The number of carbonyl (C=O) groups excluding carboxylic acids is 1. The predicted molar refractivity (Wildman–Crippen MR) is 114 cm³/mol. The molecule has 0 aliphatic rings. The van der Waals surface area contributed by atoms with Crippen molar-refractivity contribution in [3.05, 3.63) is 65.6 Å². The van der Waals surface area contributed by atoms with Gasteiger partial charge in [0.05, 0.1) is 12.7 Å². The van der Waals surface area contributed by atoms with Crippen LogP contribution < -0.4 is 0 Å². The van der Waals surface area contributed by atoms with E-state index in [0.29, 0.717) is 5.56 Å². The van der Waals surface area contributed by atoms with E-state index in [0.717, 1.165) is 11.3 Å². The second-order valence-corrected chi connectivity index (χ2v) is 7.14. The summed E-state index contributed by atoms with van der Waals surface area (Å²) in [5.41, 5.74) is 0.581. The average molecular weight is 373 g/mol. The monoisotopic (exact) mass is 372 g/mol. The van der Waals surface area contributed by atoms with Crippen molar-refractivity contribution in [3.63, 3.8) is 0 Å². The van der Waals surface area contributed by atoms with E-state index >= 15 is 0 Å². The van der Waals surface area contributed by atoms with E-state index in [1.54, 1.807) is 17.8 Å². The minimum atomic E-state index is -0.302. The summed E-state index contributed by atoms with van der Waals surface area (Å²) in [7, 11) is 1.40. The van der Waals surface area contributed by atoms with E-state index in [1.807, 2.05) is 29.7 Å². The molecule has 0 N–H and O–H groups in total. The molecule has 0 amide bonds. The maximum Gasteiger partial charge on any atom is 0.337 e. The summed E-state index contributed by atoms with van der Waals surface area (Å²) in [5, 5.41) is 2.02. The summed E-state index contributed by atoms with van der Waals surface area (Å²) in [4.78, 5) is 12.5. The van der Waals surface area contributed by atoms with Gasteiger partial charge in [0.1, 0.15) is 0 Å². The number of unbranched alkanes of at least 4 members (excludes halogenated alkanes) is 6. The van der Waals surface area contributed by atoms with Crippen molar-refractivity contribution in [1.82, 2.24) is 0 Å². The molecule has 0 aliphatic heterocycles. The quantitative estimate of drug-likeness (QED) is 0.119. The van der Waals surface area contributed by atoms with Crippen LogP contribution in [-0.2, 0) is 4.74 Å². The van der Waals surface area contributed by atoms with Crippen molar-refractivity contribution in [3.8, 4) is 0 Å². The molecule has 0 fully saturated rings. The third-order valence-corrected chi connectivity index (χ3v) is 4.77. The molecular formula is C23H32O2S. The number of methoxy groups -OCH3 is 1. The van der Waals surface area contributed by atoms with Crippen LogP contribution in [0.1, 0.15) is 68.6 Å². The van der Waals surface area contributed by atoms with Gasteiger partial charge in [-0.15, -0.1) is 0 Å². The summed E-state index contributed by atoms with van der Waals surface area (Å²) < 4.78 is 4.73. The number of carbonyl (C=O) groups is 1. The van der Waals surface area contributed by atoms with Crippen LogP contribution in [0.4, 0.5) is 0 Å². The lowest BCUT2D eigenvalue weighted by Gasteiger charge is -2.00. The summed E-state index contributed by atoms with van der Waals surface area (Å²) in [5.74, 6) is -0.302. The van der Waals surface area contributed by atoms with Crippen molar-refractivity contribution in [2.24, 2.45) is 0 Å². The normalized spacial score (nSPS) is 11.8. The molecule has 0 aromatic heterocycles. The second-order valence-electron chi connectivity index (χ2n) is 6.16. The summed E-state index contributed by atoms with van der Waals surface area (Å²) in [6.07, 6.45) is 21.1. The minimum absolute atomic E-state index is 0.302. The zero-order valence-electron chi connectivity index (χ0n) is 16.2. The molecule has 0 bridgehead atoms. The Balaban J connectivity index is 2.14. The van der Waals surface area contributed by atoms with Crippen LogP contribution in [0.15, 0.2) is 64.9 Å². The minimum Gasteiger partial charge on any atom is -0.465 e. The van der Waals surface area contributed by atoms with Crippen LogP contribution in [0.3, 0.4) is 0 Å². The third-order valence-electron chi connectivity index (χ3n) is 3.95. The van der Waals surface area contributed by atoms with Crippen LogP contribution in [0.25, 0.3) is 0 Å². The lowest BCUT2D eigenvalue weighted by atomic mass is 10.1. The van der Waals surface area contributed by atoms with Gasteiger partial charge in [0.15, 0.2) is 0 Å². The maximum atomic E-state index is 11.5. The molecule has 26 heavy (non-hydrogen) atoms. The summed E-state index contributed by atoms with van der Waals surface area (Å²) in [6.45, 7) is 2.26. The molecule has 1 aromatic rings. The number of ether oxygens (including phenoxy) is 1. The van der Waals surface area contributed by atoms with Gasteiger partial charge in [0.25, 0.3) is 0 Å². The zero-order valence-corrected chi connectivity index (χ0v) is 17.0. The van der Waals surface area contributed by atoms with Crippen LogP contribution in [0.2, 0.25) is 0 Å². The molecule has 0 saturated heterocycles. The number of hydrogen-bond donors (Lipinski definition) is 0. The van der Waals surface area contributed by atoms with Gasteiger partial charge in [-0.2, -0.15) is 0 Å². The van der Waals surface area contributed by atoms with E-state index in [2.05, 4.69) is 31.2 Å². The Morgan fingerprint density at radius 1 is 1.04 bits per heavy atom. The zero-order chi connectivity index (χ0) is 18.9. The van der Waals surface area contributed by atoms with Gasteiger partial charge in [-0.3, -0.25) is 0 Å². The first-order valence-electron chi connectivity index (χ1n) is 9.59. The van der Waals surface area contributed by atoms with Crippen molar-refractivity contribution >= 4 is 17.7 Å². The van der Waals surface area contributed by atoms with E-state index in [4.69, 9.17) is 4.74 Å². The van der Waals surface area contributed by atoms with E-state index < -0.39 is 0 Å². The molecule has 3 heteroatoms. The lowest BCUT2D eigenvalue weighted by molar-refractivity contribution is 0.0600. The Hall–Kier alpha value is -1.74. The Kier molecular flexibility index (Phi) is 13.3. The number of esters is 1. The molecule has 0 unspecified atom stereocenters. The van der Waals surface area contributed by atoms with Gasteiger partial charge >= 0.3 is 5.97 Å². The van der Waals surface area contributed by atoms with Gasteiger partial charge in [-0.05, 0) is 42.9 Å². The highest BCUT2D eigenvalue weighted by molar-refractivity contribution is 8.02. The SMILES string of the molecule is CCCCCCCC/C=C\C/C=C\C=C\Sc1cccc(C(=O)OC)c1. The maximum absolute atomic E-state index is 11.5. The number of benzene rings is 1. The molecule has 0 saturated carbocycles. The highest BCUT2D eigenvalue weighted by Gasteiger charge is 2.04. The van der Waals surface area contributed by atoms with Gasteiger partial charge in [-0.25, -0.2) is 4.79 Å². The van der Waals surface area contributed by atoms with Gasteiger partial charge in [0.2, 0.25) is 0 Å². The predicted octanol–water partition coefficient (Wildman–Crippen LogP) is 7.33. The number of thioether (sulfide) groups is 1. The fourth-order valence-corrected chi connectivity index (χ4v) is 3.15. The summed E-state index contributed by atoms with van der Waals surface area (Å²) in [6, 6.07) is 7.45. The van der Waals surface area contributed by atoms with Gasteiger partial charge in [-0.1, -0.05) is 87.2 Å². The smallest absolute Gasteiger partial charge is 0.337 e. The molecule has 0 aliphatic carbocycles. The highest BCUT2D eigenvalue weighted by Crippen LogP contribution is 2.20. The molecule has 0 spiro atoms. The fraction of sp³-hybridized carbons (Fsp3) is 0.435. The van der Waals surface area contributed by atoms with E-state index in [-0.39, 0.29) is 5.97 Å². The molecule has 0 atom stereocenters. The first kappa shape index (κ1) is 22.3. The van der Waals surface area contributed by atoms with Crippen LogP contribution >= 0.6 is 11.8 Å². The van der Waals surface area contributed by atoms with Crippen LogP contribution in [0, 0.1) is 0 Å². The van der Waals surface area contributed by atoms with Crippen molar-refractivity contribution in [1.29, 1.82) is 0 Å². The van der Waals surface area contributed by atoms with Crippen molar-refractivity contribution in [2.45, 2.75) is 63.2 Å². The topological polar surface area (TPSA) is 26.3 Å².